The van der Waals surface area contributed by atoms with Crippen molar-refractivity contribution in [3.63, 3.8) is 0 Å². The Morgan fingerprint density at radius 2 is 1.79 bits per heavy atom. The number of benzene rings is 2. The first-order valence-corrected chi connectivity index (χ1v) is 10.6. The minimum atomic E-state index is -4.81. The second-order valence-electron chi connectivity index (χ2n) is 7.63. The van der Waals surface area contributed by atoms with E-state index in [2.05, 4.69) is 15.8 Å². The molecule has 2 aromatic carbocycles. The Morgan fingerprint density at radius 1 is 1.15 bits per heavy atom. The van der Waals surface area contributed by atoms with Crippen molar-refractivity contribution in [3.05, 3.63) is 68.7 Å². The lowest BCUT2D eigenvalue weighted by Gasteiger charge is -2.29. The van der Waals surface area contributed by atoms with Gasteiger partial charge < -0.3 is 15.5 Å². The van der Waals surface area contributed by atoms with E-state index in [9.17, 15) is 22.8 Å². The van der Waals surface area contributed by atoms with E-state index in [1.54, 1.807) is 13.0 Å². The van der Waals surface area contributed by atoms with Crippen molar-refractivity contribution >= 4 is 40.7 Å². The van der Waals surface area contributed by atoms with Gasteiger partial charge in [-0.3, -0.25) is 9.59 Å². The molecule has 1 aliphatic rings. The Hall–Kier alpha value is -2.78. The van der Waals surface area contributed by atoms with E-state index in [0.717, 1.165) is 12.1 Å². The smallest absolute Gasteiger partial charge is 0.374 e. The number of oxime groups is 1. The van der Waals surface area contributed by atoms with Gasteiger partial charge in [-0.15, -0.1) is 0 Å². The van der Waals surface area contributed by atoms with E-state index < -0.39 is 30.1 Å². The number of carbonyl (C=O) groups is 2. The van der Waals surface area contributed by atoms with E-state index in [-0.39, 0.29) is 32.8 Å². The maximum Gasteiger partial charge on any atom is 0.435 e. The standard InChI is InChI=1S/C22H20Cl2F3N3O3/c1-11-6-13(4-5-17(11)20(32)29-12(2)19(31)28-3)18-10-21(33-30-18,22(25,26)27)14-7-15(23)9-16(24)8-14/h4-9,12H,10H2,1-3H3,(H,28,31)(H,29,32). The molecule has 11 heteroatoms. The zero-order chi connectivity index (χ0) is 24.6. The van der Waals surface area contributed by atoms with Crippen molar-refractivity contribution in [2.75, 3.05) is 7.05 Å². The predicted octanol–water partition coefficient (Wildman–Crippen LogP) is 4.75. The quantitative estimate of drug-likeness (QED) is 0.620. The van der Waals surface area contributed by atoms with Gasteiger partial charge in [0.05, 0.1) is 5.71 Å². The molecule has 2 atom stereocenters. The first-order chi connectivity index (χ1) is 15.4. The predicted molar refractivity (Wildman–Crippen MR) is 119 cm³/mol. The van der Waals surface area contributed by atoms with E-state index in [1.165, 1.54) is 32.2 Å². The molecule has 0 saturated carbocycles. The van der Waals surface area contributed by atoms with Gasteiger partial charge in [-0.25, -0.2) is 0 Å². The lowest BCUT2D eigenvalue weighted by molar-refractivity contribution is -0.275. The van der Waals surface area contributed by atoms with Crippen LogP contribution in [0.25, 0.3) is 0 Å². The molecule has 33 heavy (non-hydrogen) atoms. The molecule has 2 N–H and O–H groups in total. The zero-order valence-electron chi connectivity index (χ0n) is 17.8. The maximum absolute atomic E-state index is 14.1. The lowest BCUT2D eigenvalue weighted by atomic mass is 9.86. The minimum Gasteiger partial charge on any atom is -0.374 e. The number of nitrogens with zero attached hydrogens (tertiary/aromatic N) is 1. The third-order valence-electron chi connectivity index (χ3n) is 5.31. The number of carbonyl (C=O) groups excluding carboxylic acids is 2. The summed E-state index contributed by atoms with van der Waals surface area (Å²) in [4.78, 5) is 29.1. The molecule has 0 bridgehead atoms. The number of likely N-dealkylation sites (N-methyl/N-ethyl adjacent to an activating group) is 1. The normalized spacial score (nSPS) is 18.8. The molecule has 0 radical (unpaired) electrons. The van der Waals surface area contributed by atoms with Gasteiger partial charge in [-0.2, -0.15) is 13.2 Å². The molecule has 0 aliphatic carbocycles. The fourth-order valence-corrected chi connectivity index (χ4v) is 4.03. The fourth-order valence-electron chi connectivity index (χ4n) is 3.50. The van der Waals surface area contributed by atoms with Gasteiger partial charge in [0, 0.05) is 34.6 Å². The van der Waals surface area contributed by atoms with Crippen LogP contribution in [0.15, 0.2) is 41.6 Å². The van der Waals surface area contributed by atoms with Crippen molar-refractivity contribution in [2.24, 2.45) is 5.16 Å². The number of nitrogens with one attached hydrogen (secondary N) is 2. The Bertz CT molecular complexity index is 1120. The van der Waals surface area contributed by atoms with Gasteiger partial charge in [0.15, 0.2) is 0 Å². The van der Waals surface area contributed by atoms with Crippen molar-refractivity contribution < 1.29 is 27.6 Å². The Balaban J connectivity index is 1.88. The largest absolute Gasteiger partial charge is 0.435 e. The molecule has 2 aromatic rings. The summed E-state index contributed by atoms with van der Waals surface area (Å²) in [5.74, 6) is -0.849. The molecule has 1 aliphatic heterocycles. The summed E-state index contributed by atoms with van der Waals surface area (Å²) in [6.07, 6.45) is -5.41. The molecule has 3 rings (SSSR count). The highest BCUT2D eigenvalue weighted by atomic mass is 35.5. The molecule has 2 amide bonds. The molecule has 176 valence electrons. The number of rotatable bonds is 5. The molecular weight excluding hydrogens is 482 g/mol. The van der Waals surface area contributed by atoms with Crippen LogP contribution in [-0.4, -0.2) is 36.8 Å². The third-order valence-corrected chi connectivity index (χ3v) is 5.74. The number of hydrogen-bond acceptors (Lipinski definition) is 4. The number of aryl methyl sites for hydroxylation is 1. The Labute approximate surface area is 198 Å². The van der Waals surface area contributed by atoms with Gasteiger partial charge in [0.1, 0.15) is 6.04 Å². The van der Waals surface area contributed by atoms with Crippen molar-refractivity contribution in [1.82, 2.24) is 10.6 Å². The number of hydrogen-bond donors (Lipinski definition) is 2. The van der Waals surface area contributed by atoms with Crippen LogP contribution in [0.2, 0.25) is 10.0 Å². The van der Waals surface area contributed by atoms with Crippen LogP contribution in [0.4, 0.5) is 13.2 Å². The lowest BCUT2D eigenvalue weighted by Crippen LogP contribution is -2.43. The summed E-state index contributed by atoms with van der Waals surface area (Å²) in [5, 5.41) is 8.78. The first kappa shape index (κ1) is 24.9. The van der Waals surface area contributed by atoms with Crippen LogP contribution in [0.3, 0.4) is 0 Å². The van der Waals surface area contributed by atoms with E-state index in [0.29, 0.717) is 11.1 Å². The second kappa shape index (κ2) is 9.23. The molecule has 6 nitrogen and oxygen atoms in total. The van der Waals surface area contributed by atoms with Gasteiger partial charge in [-0.05, 0) is 55.3 Å². The van der Waals surface area contributed by atoms with Crippen LogP contribution < -0.4 is 10.6 Å². The first-order valence-electron chi connectivity index (χ1n) is 9.80. The highest BCUT2D eigenvalue weighted by Crippen LogP contribution is 2.49. The molecule has 0 spiro atoms. The SMILES string of the molecule is CNC(=O)C(C)NC(=O)c1ccc(C2=NOC(c3cc(Cl)cc(Cl)c3)(C(F)(F)F)C2)cc1C. The van der Waals surface area contributed by atoms with Crippen molar-refractivity contribution in [1.29, 1.82) is 0 Å². The highest BCUT2D eigenvalue weighted by Gasteiger charge is 2.62. The van der Waals surface area contributed by atoms with E-state index >= 15 is 0 Å². The minimum absolute atomic E-state index is 0.0374. The summed E-state index contributed by atoms with van der Waals surface area (Å²) in [6.45, 7) is 3.16. The van der Waals surface area contributed by atoms with Gasteiger partial charge in [-0.1, -0.05) is 34.4 Å². The third kappa shape index (κ3) is 4.94. The van der Waals surface area contributed by atoms with Crippen molar-refractivity contribution in [2.45, 2.75) is 38.1 Å². The van der Waals surface area contributed by atoms with Crippen LogP contribution >= 0.6 is 23.2 Å². The van der Waals surface area contributed by atoms with Gasteiger partial charge >= 0.3 is 6.18 Å². The molecular formula is C22H20Cl2F3N3O3. The summed E-state index contributed by atoms with van der Waals surface area (Å²) in [6, 6.07) is 7.34. The average Bonchev–Trinajstić information content (AvgIpc) is 3.19. The number of amides is 2. The van der Waals surface area contributed by atoms with E-state index in [4.69, 9.17) is 28.0 Å². The highest BCUT2D eigenvalue weighted by molar-refractivity contribution is 6.34. The maximum atomic E-state index is 14.1. The monoisotopic (exact) mass is 501 g/mol. The van der Waals surface area contributed by atoms with Crippen LogP contribution in [-0.2, 0) is 15.2 Å². The molecule has 1 heterocycles. The second-order valence-corrected chi connectivity index (χ2v) is 8.50. The topological polar surface area (TPSA) is 79.8 Å². The molecule has 2 unspecified atom stereocenters. The Morgan fingerprint density at radius 3 is 2.33 bits per heavy atom. The van der Waals surface area contributed by atoms with Gasteiger partial charge in [0.2, 0.25) is 5.91 Å². The van der Waals surface area contributed by atoms with E-state index in [1.807, 2.05) is 0 Å². The molecule has 0 aromatic heterocycles. The summed E-state index contributed by atoms with van der Waals surface area (Å²) in [5.41, 5.74) is -1.82. The number of halogens is 5. The summed E-state index contributed by atoms with van der Waals surface area (Å²) >= 11 is 11.8. The average molecular weight is 502 g/mol. The fraction of sp³-hybridized carbons (Fsp3) is 0.318. The van der Waals surface area contributed by atoms with Crippen LogP contribution in [0, 0.1) is 6.92 Å². The number of alkyl halides is 3. The Kier molecular flexibility index (Phi) is 6.95. The summed E-state index contributed by atoms with van der Waals surface area (Å²) in [7, 11) is 1.45. The molecule has 0 saturated heterocycles. The molecule has 0 fully saturated rings. The van der Waals surface area contributed by atoms with Crippen LogP contribution in [0.1, 0.15) is 40.4 Å². The van der Waals surface area contributed by atoms with Crippen molar-refractivity contribution in [3.8, 4) is 0 Å². The van der Waals surface area contributed by atoms with Crippen LogP contribution in [0.5, 0.6) is 0 Å². The zero-order valence-corrected chi connectivity index (χ0v) is 19.3. The summed E-state index contributed by atoms with van der Waals surface area (Å²) < 4.78 is 42.4. The van der Waals surface area contributed by atoms with Gasteiger partial charge in [0.25, 0.3) is 11.5 Å².